The molecule has 0 bridgehead atoms. The zero-order valence-corrected chi connectivity index (χ0v) is 12.1. The number of hydrogen-bond acceptors (Lipinski definition) is 1. The van der Waals surface area contributed by atoms with Crippen LogP contribution < -0.4 is 0 Å². The minimum atomic E-state index is -1.43. The zero-order chi connectivity index (χ0) is 12.0. The molecule has 0 saturated heterocycles. The second kappa shape index (κ2) is 7.69. The van der Waals surface area contributed by atoms with Crippen LogP contribution in [0.4, 0.5) is 8.78 Å². The average molecular weight is 346 g/mol. The molecule has 16 heavy (non-hydrogen) atoms. The largest absolute Gasteiger partial charge is 0.319 e. The van der Waals surface area contributed by atoms with Crippen LogP contribution in [0.5, 0.6) is 0 Å². The van der Waals surface area contributed by atoms with Gasteiger partial charge in [0.1, 0.15) is 6.17 Å². The van der Waals surface area contributed by atoms with Gasteiger partial charge >= 0.3 is 0 Å². The monoisotopic (exact) mass is 346 g/mol. The lowest BCUT2D eigenvalue weighted by Gasteiger charge is -2.29. The van der Waals surface area contributed by atoms with E-state index < -0.39 is 33.5 Å². The first-order valence-electron chi connectivity index (χ1n) is 5.96. The van der Waals surface area contributed by atoms with Crippen LogP contribution in [0.25, 0.3) is 0 Å². The molecule has 1 aliphatic rings. The maximum atomic E-state index is 13.8. The average Bonchev–Trinajstić information content (AvgIpc) is 2.29. The Hall–Kier alpha value is 0.420. The summed E-state index contributed by atoms with van der Waals surface area (Å²) in [5, 5.41) is 0. The molecule has 4 heteroatoms. The van der Waals surface area contributed by atoms with Crippen molar-refractivity contribution in [3.63, 3.8) is 0 Å². The molecule has 0 spiro atoms. The second-order valence-electron chi connectivity index (χ2n) is 4.56. The number of halogens is 3. The summed E-state index contributed by atoms with van der Waals surface area (Å²) >= 11 is -0.489. The van der Waals surface area contributed by atoms with Crippen molar-refractivity contribution in [1.29, 1.82) is 0 Å². The number of rotatable bonds is 5. The Morgan fingerprint density at radius 1 is 1.31 bits per heavy atom. The maximum Gasteiger partial charge on any atom is 0.156 e. The van der Waals surface area contributed by atoms with Crippen LogP contribution in [0.15, 0.2) is 0 Å². The molecule has 0 aromatic rings. The number of alkyl halides is 2. The molecule has 1 saturated carbocycles. The van der Waals surface area contributed by atoms with E-state index in [0.29, 0.717) is 5.92 Å². The summed E-state index contributed by atoms with van der Waals surface area (Å²) in [7, 11) is 0. The van der Waals surface area contributed by atoms with E-state index in [4.69, 9.17) is 3.07 Å². The summed E-state index contributed by atoms with van der Waals surface area (Å²) in [6.07, 6.45) is 0.976. The van der Waals surface area contributed by atoms with Gasteiger partial charge < -0.3 is 3.07 Å². The Labute approximate surface area is 107 Å². The SMILES string of the molecule is CC=IOCC(F)C(F)C1CCC(C)CC1. The van der Waals surface area contributed by atoms with Gasteiger partial charge in [0.2, 0.25) is 0 Å². The molecular weight excluding hydrogens is 325 g/mol. The summed E-state index contributed by atoms with van der Waals surface area (Å²) in [6, 6.07) is 0. The molecule has 0 amide bonds. The minimum Gasteiger partial charge on any atom is -0.319 e. The van der Waals surface area contributed by atoms with E-state index in [2.05, 4.69) is 6.92 Å². The summed E-state index contributed by atoms with van der Waals surface area (Å²) in [6.45, 7) is 4.00. The summed E-state index contributed by atoms with van der Waals surface area (Å²) in [5.74, 6) is 0.594. The van der Waals surface area contributed by atoms with E-state index in [1.807, 2.05) is 10.9 Å². The highest BCUT2D eigenvalue weighted by molar-refractivity contribution is 14.2. The number of hydrogen-bond donors (Lipinski definition) is 0. The van der Waals surface area contributed by atoms with E-state index in [1.54, 1.807) is 0 Å². The van der Waals surface area contributed by atoms with Crippen LogP contribution in [0.3, 0.4) is 0 Å². The molecule has 96 valence electrons. The standard InChI is InChI=1S/C12H21F2IO/c1-3-15-16-8-11(13)12(14)10-6-4-9(2)5-7-10/h3,9-12H,4-8H2,1-2H3. The fraction of sp³-hybridized carbons (Fsp3) is 0.917. The van der Waals surface area contributed by atoms with E-state index >= 15 is 0 Å². The topological polar surface area (TPSA) is 9.23 Å². The third kappa shape index (κ3) is 4.73. The van der Waals surface area contributed by atoms with E-state index in [0.717, 1.165) is 25.7 Å². The van der Waals surface area contributed by atoms with Crippen LogP contribution in [0.2, 0.25) is 0 Å². The lowest BCUT2D eigenvalue weighted by Crippen LogP contribution is -2.32. The molecule has 1 fully saturated rings. The summed E-state index contributed by atoms with van der Waals surface area (Å²) in [5.41, 5.74) is 0. The third-order valence-electron chi connectivity index (χ3n) is 3.23. The lowest BCUT2D eigenvalue weighted by atomic mass is 9.80. The highest BCUT2D eigenvalue weighted by Crippen LogP contribution is 2.33. The Morgan fingerprint density at radius 2 is 1.94 bits per heavy atom. The summed E-state index contributed by atoms with van der Waals surface area (Å²) < 4.78 is 34.3. The van der Waals surface area contributed by atoms with E-state index in [1.165, 1.54) is 0 Å². The van der Waals surface area contributed by atoms with Gasteiger partial charge in [0, 0.05) is 21.1 Å². The van der Waals surface area contributed by atoms with Gasteiger partial charge in [-0.25, -0.2) is 8.78 Å². The minimum absolute atomic E-state index is 0.0646. The first kappa shape index (κ1) is 14.5. The van der Waals surface area contributed by atoms with Crippen molar-refractivity contribution < 1.29 is 11.8 Å². The molecule has 0 N–H and O–H groups in total. The Bertz CT molecular complexity index is 215. The quantitative estimate of drug-likeness (QED) is 0.678. The van der Waals surface area contributed by atoms with Crippen molar-refractivity contribution in [2.75, 3.05) is 6.61 Å². The van der Waals surface area contributed by atoms with Crippen molar-refractivity contribution in [2.24, 2.45) is 11.8 Å². The fourth-order valence-electron chi connectivity index (χ4n) is 2.15. The molecule has 0 aromatic heterocycles. The fourth-order valence-corrected chi connectivity index (χ4v) is 3.06. The van der Waals surface area contributed by atoms with Crippen LogP contribution >= 0.6 is 21.1 Å². The van der Waals surface area contributed by atoms with Crippen molar-refractivity contribution in [3.8, 4) is 0 Å². The van der Waals surface area contributed by atoms with Gasteiger partial charge in [0.15, 0.2) is 6.17 Å². The van der Waals surface area contributed by atoms with E-state index in [-0.39, 0.29) is 12.5 Å². The van der Waals surface area contributed by atoms with Gasteiger partial charge in [-0.1, -0.05) is 19.8 Å². The molecule has 2 atom stereocenters. The normalized spacial score (nSPS) is 31.0. The highest BCUT2D eigenvalue weighted by atomic mass is 127. The first-order valence-corrected chi connectivity index (χ1v) is 8.09. The van der Waals surface area contributed by atoms with Crippen LogP contribution in [-0.4, -0.2) is 23.0 Å². The Kier molecular flexibility index (Phi) is 6.96. The molecule has 1 nitrogen and oxygen atoms in total. The smallest absolute Gasteiger partial charge is 0.156 e. The van der Waals surface area contributed by atoms with Gasteiger partial charge in [-0.15, -0.1) is 0 Å². The molecular formula is C12H21F2IO. The molecule has 0 heterocycles. The van der Waals surface area contributed by atoms with Crippen molar-refractivity contribution in [1.82, 2.24) is 0 Å². The van der Waals surface area contributed by atoms with Crippen LogP contribution in [0, 0.1) is 11.8 Å². The maximum absolute atomic E-state index is 13.8. The molecule has 0 radical (unpaired) electrons. The van der Waals surface area contributed by atoms with Crippen molar-refractivity contribution >= 4 is 25.2 Å². The van der Waals surface area contributed by atoms with Crippen LogP contribution in [0.1, 0.15) is 39.5 Å². The molecule has 1 rings (SSSR count). The molecule has 0 aliphatic heterocycles. The van der Waals surface area contributed by atoms with Gasteiger partial charge in [0.05, 0.1) is 6.61 Å². The Balaban J connectivity index is 2.29. The lowest BCUT2D eigenvalue weighted by molar-refractivity contribution is 0.0606. The zero-order valence-electron chi connectivity index (χ0n) is 9.96. The van der Waals surface area contributed by atoms with Gasteiger partial charge in [0.25, 0.3) is 0 Å². The summed E-state index contributed by atoms with van der Waals surface area (Å²) in [4.78, 5) is 0. The van der Waals surface area contributed by atoms with Crippen LogP contribution in [-0.2, 0) is 3.07 Å². The predicted octanol–water partition coefficient (Wildman–Crippen LogP) is 4.21. The first-order chi connectivity index (χ1) is 7.65. The van der Waals surface area contributed by atoms with Gasteiger partial charge in [-0.2, -0.15) is 0 Å². The van der Waals surface area contributed by atoms with Gasteiger partial charge in [-0.3, -0.25) is 0 Å². The predicted molar refractivity (Wildman–Crippen MR) is 72.6 cm³/mol. The van der Waals surface area contributed by atoms with Gasteiger partial charge in [-0.05, 0) is 35.6 Å². The molecule has 2 unspecified atom stereocenters. The highest BCUT2D eigenvalue weighted by Gasteiger charge is 2.32. The third-order valence-corrected chi connectivity index (χ3v) is 4.46. The van der Waals surface area contributed by atoms with Crippen molar-refractivity contribution in [2.45, 2.75) is 51.9 Å². The molecule has 0 aromatic carbocycles. The second-order valence-corrected chi connectivity index (χ2v) is 6.94. The molecule has 1 aliphatic carbocycles. The Morgan fingerprint density at radius 3 is 2.50 bits per heavy atom. The van der Waals surface area contributed by atoms with Crippen molar-refractivity contribution in [3.05, 3.63) is 0 Å². The van der Waals surface area contributed by atoms with E-state index in [9.17, 15) is 8.78 Å².